The minimum absolute atomic E-state index is 0.282. The van der Waals surface area contributed by atoms with E-state index in [-0.39, 0.29) is 5.91 Å². The highest BCUT2D eigenvalue weighted by Gasteiger charge is 2.41. The molecule has 1 spiro atoms. The fourth-order valence-electron chi connectivity index (χ4n) is 4.76. The molecule has 29 heavy (non-hydrogen) atoms. The number of hydrogen-bond donors (Lipinski definition) is 0. The second-order valence-corrected chi connectivity index (χ2v) is 8.86. The van der Waals surface area contributed by atoms with E-state index in [0.29, 0.717) is 11.8 Å². The Labute approximate surface area is 174 Å². The molecule has 154 valence electrons. The summed E-state index contributed by atoms with van der Waals surface area (Å²) in [7, 11) is 1.72. The average molecular weight is 393 g/mol. The highest BCUT2D eigenvalue weighted by Crippen LogP contribution is 2.40. The Bertz CT molecular complexity index is 838. The number of ether oxygens (including phenoxy) is 1. The molecule has 4 heteroatoms. The van der Waals surface area contributed by atoms with Gasteiger partial charge in [0.25, 0.3) is 0 Å². The summed E-state index contributed by atoms with van der Waals surface area (Å²) in [5.41, 5.74) is 3.99. The molecule has 0 saturated carbocycles. The molecule has 2 aromatic rings. The van der Waals surface area contributed by atoms with Gasteiger partial charge in [0.2, 0.25) is 5.91 Å². The van der Waals surface area contributed by atoms with Crippen LogP contribution in [0.5, 0.6) is 5.75 Å². The molecule has 0 bridgehead atoms. The zero-order valence-corrected chi connectivity index (χ0v) is 17.7. The number of likely N-dealkylation sites (tertiary alicyclic amines) is 2. The van der Waals surface area contributed by atoms with E-state index >= 15 is 0 Å². The van der Waals surface area contributed by atoms with Crippen LogP contribution in [0.25, 0.3) is 0 Å². The number of rotatable bonds is 5. The van der Waals surface area contributed by atoms with Gasteiger partial charge in [-0.05, 0) is 68.0 Å². The van der Waals surface area contributed by atoms with Crippen molar-refractivity contribution in [2.24, 2.45) is 5.41 Å². The normalized spacial score (nSPS) is 18.9. The summed E-state index contributed by atoms with van der Waals surface area (Å²) in [6.07, 6.45) is 4.05. The Hall–Kier alpha value is -2.33. The summed E-state index contributed by atoms with van der Waals surface area (Å²) >= 11 is 0. The zero-order chi connectivity index (χ0) is 20.3. The zero-order valence-electron chi connectivity index (χ0n) is 17.7. The van der Waals surface area contributed by atoms with Crippen molar-refractivity contribution in [3.05, 3.63) is 65.2 Å². The van der Waals surface area contributed by atoms with Crippen molar-refractivity contribution >= 4 is 5.91 Å². The van der Waals surface area contributed by atoms with Crippen LogP contribution in [0.1, 0.15) is 36.0 Å². The third-order valence-electron chi connectivity index (χ3n) is 6.72. The number of benzene rings is 2. The molecule has 0 aliphatic carbocycles. The molecule has 1 amide bonds. The molecule has 2 fully saturated rings. The number of nitrogens with zero attached hydrogens (tertiary/aromatic N) is 2. The maximum absolute atomic E-state index is 12.8. The molecule has 0 radical (unpaired) electrons. The fraction of sp³-hybridized carbons (Fsp3) is 0.480. The first-order chi connectivity index (χ1) is 14.0. The maximum atomic E-state index is 12.8. The molecular formula is C25H32N2O2. The van der Waals surface area contributed by atoms with Gasteiger partial charge in [-0.15, -0.1) is 0 Å². The first-order valence-corrected chi connectivity index (χ1v) is 10.7. The Balaban J connectivity index is 1.28. The van der Waals surface area contributed by atoms with Crippen LogP contribution in [0.2, 0.25) is 0 Å². The van der Waals surface area contributed by atoms with E-state index < -0.39 is 0 Å². The summed E-state index contributed by atoms with van der Waals surface area (Å²) in [6, 6.07) is 16.7. The van der Waals surface area contributed by atoms with Crippen LogP contribution in [-0.4, -0.2) is 49.0 Å². The van der Waals surface area contributed by atoms with E-state index in [0.717, 1.165) is 50.5 Å². The van der Waals surface area contributed by atoms with Gasteiger partial charge < -0.3 is 9.64 Å². The Morgan fingerprint density at radius 3 is 2.45 bits per heavy atom. The van der Waals surface area contributed by atoms with E-state index in [1.54, 1.807) is 7.11 Å². The number of amides is 1. The number of aryl methyl sites for hydroxylation is 1. The van der Waals surface area contributed by atoms with Crippen LogP contribution >= 0.6 is 0 Å². The Morgan fingerprint density at radius 2 is 1.72 bits per heavy atom. The number of methoxy groups -OCH3 is 1. The molecule has 2 aliphatic rings. The van der Waals surface area contributed by atoms with Crippen molar-refractivity contribution in [3.63, 3.8) is 0 Å². The third kappa shape index (κ3) is 4.81. The molecule has 2 heterocycles. The number of hydrogen-bond acceptors (Lipinski definition) is 3. The van der Waals surface area contributed by atoms with Crippen molar-refractivity contribution in [1.29, 1.82) is 0 Å². The molecule has 4 rings (SSSR count). The standard InChI is InChI=1S/C25H32N2O2/c1-20-6-8-21(9-7-20)17-24(28)27-15-12-25(19-27)10-13-26(14-11-25)18-22-4-3-5-23(16-22)29-2/h3-9,16H,10-15,17-19H2,1-2H3. The van der Waals surface area contributed by atoms with E-state index in [9.17, 15) is 4.79 Å². The SMILES string of the molecule is COc1cccc(CN2CCC3(CC2)CCN(C(=O)Cc2ccc(C)cc2)C3)c1. The minimum Gasteiger partial charge on any atom is -0.497 e. The summed E-state index contributed by atoms with van der Waals surface area (Å²) < 4.78 is 5.35. The topological polar surface area (TPSA) is 32.8 Å². The highest BCUT2D eigenvalue weighted by atomic mass is 16.5. The van der Waals surface area contributed by atoms with Crippen LogP contribution in [0.3, 0.4) is 0 Å². The van der Waals surface area contributed by atoms with E-state index in [1.165, 1.54) is 24.0 Å². The number of piperidine rings is 1. The molecule has 2 saturated heterocycles. The summed E-state index contributed by atoms with van der Waals surface area (Å²) in [4.78, 5) is 17.4. The van der Waals surface area contributed by atoms with Crippen LogP contribution < -0.4 is 4.74 Å². The van der Waals surface area contributed by atoms with Gasteiger partial charge in [0.1, 0.15) is 5.75 Å². The number of carbonyl (C=O) groups is 1. The number of carbonyl (C=O) groups excluding carboxylic acids is 1. The van der Waals surface area contributed by atoms with Crippen LogP contribution in [-0.2, 0) is 17.8 Å². The summed E-state index contributed by atoms with van der Waals surface area (Å²) in [5.74, 6) is 1.21. The van der Waals surface area contributed by atoms with Crippen molar-refractivity contribution < 1.29 is 9.53 Å². The molecule has 0 unspecified atom stereocenters. The van der Waals surface area contributed by atoms with Gasteiger partial charge in [0.05, 0.1) is 13.5 Å². The smallest absolute Gasteiger partial charge is 0.227 e. The van der Waals surface area contributed by atoms with Crippen molar-refractivity contribution in [3.8, 4) is 5.75 Å². The van der Waals surface area contributed by atoms with E-state index in [1.807, 2.05) is 6.07 Å². The van der Waals surface area contributed by atoms with Gasteiger partial charge in [-0.25, -0.2) is 0 Å². The lowest BCUT2D eigenvalue weighted by atomic mass is 9.77. The minimum atomic E-state index is 0.282. The lowest BCUT2D eigenvalue weighted by Gasteiger charge is -2.39. The first-order valence-electron chi connectivity index (χ1n) is 10.7. The van der Waals surface area contributed by atoms with Gasteiger partial charge in [0, 0.05) is 19.6 Å². The molecule has 2 aliphatic heterocycles. The van der Waals surface area contributed by atoms with E-state index in [2.05, 4.69) is 59.2 Å². The molecule has 4 nitrogen and oxygen atoms in total. The Morgan fingerprint density at radius 1 is 1.00 bits per heavy atom. The average Bonchev–Trinajstić information content (AvgIpc) is 3.16. The Kier molecular flexibility index (Phi) is 5.91. The quantitative estimate of drug-likeness (QED) is 0.769. The second-order valence-electron chi connectivity index (χ2n) is 8.86. The predicted molar refractivity (Wildman–Crippen MR) is 116 cm³/mol. The lowest BCUT2D eigenvalue weighted by Crippen LogP contribution is -2.42. The molecule has 2 aromatic carbocycles. The van der Waals surface area contributed by atoms with Gasteiger partial charge in [-0.2, -0.15) is 0 Å². The first kappa shape index (κ1) is 20.0. The fourth-order valence-corrected chi connectivity index (χ4v) is 4.76. The van der Waals surface area contributed by atoms with Crippen molar-refractivity contribution in [2.45, 2.75) is 39.2 Å². The second kappa shape index (κ2) is 8.58. The van der Waals surface area contributed by atoms with Gasteiger partial charge in [-0.3, -0.25) is 9.69 Å². The molecule has 0 atom stereocenters. The third-order valence-corrected chi connectivity index (χ3v) is 6.72. The predicted octanol–water partition coefficient (Wildman–Crippen LogP) is 4.06. The summed E-state index contributed by atoms with van der Waals surface area (Å²) in [5, 5.41) is 0. The van der Waals surface area contributed by atoms with Crippen molar-refractivity contribution in [1.82, 2.24) is 9.80 Å². The van der Waals surface area contributed by atoms with Crippen LogP contribution in [0.15, 0.2) is 48.5 Å². The lowest BCUT2D eigenvalue weighted by molar-refractivity contribution is -0.130. The largest absolute Gasteiger partial charge is 0.497 e. The van der Waals surface area contributed by atoms with Gasteiger partial charge in [-0.1, -0.05) is 42.0 Å². The molecule has 0 N–H and O–H groups in total. The van der Waals surface area contributed by atoms with E-state index in [4.69, 9.17) is 4.74 Å². The monoisotopic (exact) mass is 392 g/mol. The highest BCUT2D eigenvalue weighted by molar-refractivity contribution is 5.79. The summed E-state index contributed by atoms with van der Waals surface area (Å²) in [6.45, 7) is 7.12. The van der Waals surface area contributed by atoms with Crippen LogP contribution in [0.4, 0.5) is 0 Å². The molecular weight excluding hydrogens is 360 g/mol. The maximum Gasteiger partial charge on any atom is 0.227 e. The molecule has 0 aromatic heterocycles. The van der Waals surface area contributed by atoms with Gasteiger partial charge >= 0.3 is 0 Å². The van der Waals surface area contributed by atoms with Crippen LogP contribution in [0, 0.1) is 12.3 Å². The van der Waals surface area contributed by atoms with Crippen molar-refractivity contribution in [2.75, 3.05) is 33.3 Å². The van der Waals surface area contributed by atoms with Gasteiger partial charge in [0.15, 0.2) is 0 Å².